The molecule has 0 saturated carbocycles. The molecule has 0 radical (unpaired) electrons. The van der Waals surface area contributed by atoms with Gasteiger partial charge in [0.15, 0.2) is 5.78 Å². The number of carbonyl (C=O) groups is 1. The van der Waals surface area contributed by atoms with Gasteiger partial charge in [-0.25, -0.2) is 0 Å². The molecule has 14 heavy (non-hydrogen) atoms. The third kappa shape index (κ3) is 2.26. The molecule has 0 spiro atoms. The first-order valence-electron chi connectivity index (χ1n) is 4.56. The third-order valence-corrected chi connectivity index (χ3v) is 2.27. The molecule has 0 unspecified atom stereocenters. The van der Waals surface area contributed by atoms with E-state index in [-0.39, 0.29) is 11.2 Å². The average Bonchev–Trinajstić information content (AvgIpc) is 2.15. The second-order valence-corrected chi connectivity index (χ2v) is 4.52. The van der Waals surface area contributed by atoms with Gasteiger partial charge in [0.2, 0.25) is 0 Å². The van der Waals surface area contributed by atoms with Gasteiger partial charge in [0.1, 0.15) is 0 Å². The van der Waals surface area contributed by atoms with Gasteiger partial charge in [-0.1, -0.05) is 57.3 Å². The van der Waals surface area contributed by atoms with Crippen LogP contribution in [0.4, 0.5) is 0 Å². The van der Waals surface area contributed by atoms with Crippen LogP contribution in [-0.2, 0) is 0 Å². The Hall–Kier alpha value is -1.02. The number of rotatable bonds is 2. The fourth-order valence-electron chi connectivity index (χ4n) is 1.21. The maximum atomic E-state index is 12.0. The summed E-state index contributed by atoms with van der Waals surface area (Å²) in [5.74, 6) is 0.134. The normalized spacial score (nSPS) is 11.1. The van der Waals surface area contributed by atoms with Crippen LogP contribution < -0.4 is 0 Å². The van der Waals surface area contributed by atoms with Crippen LogP contribution in [0.15, 0.2) is 24.3 Å². The van der Waals surface area contributed by atoms with E-state index in [1.165, 1.54) is 0 Å². The molecule has 0 aromatic heterocycles. The van der Waals surface area contributed by atoms with Crippen LogP contribution in [0.1, 0.15) is 36.7 Å². The second-order valence-electron chi connectivity index (χ2n) is 4.28. The van der Waals surface area contributed by atoms with E-state index in [4.69, 9.17) is 12.2 Å². The Morgan fingerprint density at radius 1 is 1.29 bits per heavy atom. The van der Waals surface area contributed by atoms with Crippen molar-refractivity contribution in [2.45, 2.75) is 20.8 Å². The molecule has 0 aliphatic heterocycles. The van der Waals surface area contributed by atoms with Gasteiger partial charge in [0, 0.05) is 16.3 Å². The SMILES string of the molecule is CC(C)(C)C(=O)c1ccccc1C=S. The lowest BCUT2D eigenvalue weighted by Crippen LogP contribution is -2.21. The molecule has 1 nitrogen and oxygen atoms in total. The van der Waals surface area contributed by atoms with Crippen molar-refractivity contribution in [2.24, 2.45) is 5.41 Å². The van der Waals surface area contributed by atoms with E-state index in [1.807, 2.05) is 45.0 Å². The Balaban J connectivity index is 3.19. The number of hydrogen-bond donors (Lipinski definition) is 0. The second kappa shape index (κ2) is 4.01. The lowest BCUT2D eigenvalue weighted by atomic mass is 9.85. The monoisotopic (exact) mass is 206 g/mol. The molecular weight excluding hydrogens is 192 g/mol. The van der Waals surface area contributed by atoms with Gasteiger partial charge in [-0.3, -0.25) is 4.79 Å². The minimum absolute atomic E-state index is 0.134. The number of thiocarbonyl (C=S) groups is 1. The Morgan fingerprint density at radius 3 is 2.36 bits per heavy atom. The summed E-state index contributed by atoms with van der Waals surface area (Å²) in [6.45, 7) is 5.74. The maximum absolute atomic E-state index is 12.0. The molecule has 0 aliphatic carbocycles. The van der Waals surface area contributed by atoms with E-state index in [0.29, 0.717) is 0 Å². The number of benzene rings is 1. The first-order chi connectivity index (χ1) is 6.46. The van der Waals surface area contributed by atoms with Gasteiger partial charge in [0.05, 0.1) is 0 Å². The maximum Gasteiger partial charge on any atom is 0.168 e. The van der Waals surface area contributed by atoms with E-state index in [9.17, 15) is 4.79 Å². The fourth-order valence-corrected chi connectivity index (χ4v) is 1.42. The highest BCUT2D eigenvalue weighted by atomic mass is 32.1. The standard InChI is InChI=1S/C12H14OS/c1-12(2,3)11(13)10-7-5-4-6-9(10)8-14/h4-8H,1-3H3. The summed E-state index contributed by atoms with van der Waals surface area (Å²) in [5, 5.41) is 1.55. The quantitative estimate of drug-likeness (QED) is 0.545. The number of carbonyl (C=O) groups excluding carboxylic acids is 1. The molecule has 1 aromatic carbocycles. The van der Waals surface area contributed by atoms with Crippen LogP contribution >= 0.6 is 12.2 Å². The molecular formula is C12H14OS. The van der Waals surface area contributed by atoms with Crippen molar-refractivity contribution in [3.05, 3.63) is 35.4 Å². The molecule has 0 N–H and O–H groups in total. The smallest absolute Gasteiger partial charge is 0.168 e. The van der Waals surface area contributed by atoms with E-state index in [0.717, 1.165) is 11.1 Å². The lowest BCUT2D eigenvalue weighted by Gasteiger charge is -2.17. The summed E-state index contributed by atoms with van der Waals surface area (Å²) in [7, 11) is 0. The largest absolute Gasteiger partial charge is 0.294 e. The molecule has 1 aromatic rings. The van der Waals surface area contributed by atoms with E-state index in [1.54, 1.807) is 5.37 Å². The highest BCUT2D eigenvalue weighted by Gasteiger charge is 2.24. The minimum atomic E-state index is -0.353. The average molecular weight is 206 g/mol. The highest BCUT2D eigenvalue weighted by molar-refractivity contribution is 7.79. The zero-order valence-electron chi connectivity index (χ0n) is 8.70. The van der Waals surface area contributed by atoms with Crippen molar-refractivity contribution < 1.29 is 4.79 Å². The van der Waals surface area contributed by atoms with E-state index >= 15 is 0 Å². The Morgan fingerprint density at radius 2 is 1.86 bits per heavy atom. The number of Topliss-reactive ketones (excluding diaryl/α,β-unsaturated/α-hetero) is 1. The van der Waals surface area contributed by atoms with Crippen molar-refractivity contribution in [3.8, 4) is 0 Å². The van der Waals surface area contributed by atoms with E-state index < -0.39 is 0 Å². The summed E-state index contributed by atoms with van der Waals surface area (Å²) in [5.41, 5.74) is 1.20. The first-order valence-corrected chi connectivity index (χ1v) is 5.03. The van der Waals surface area contributed by atoms with Gasteiger partial charge in [0.25, 0.3) is 0 Å². The summed E-state index contributed by atoms with van der Waals surface area (Å²) < 4.78 is 0. The molecule has 0 amide bonds. The van der Waals surface area contributed by atoms with Crippen molar-refractivity contribution >= 4 is 23.4 Å². The van der Waals surface area contributed by atoms with Gasteiger partial charge in [-0.15, -0.1) is 0 Å². The molecule has 74 valence electrons. The van der Waals surface area contributed by atoms with Crippen LogP contribution in [0, 0.1) is 5.41 Å². The van der Waals surface area contributed by atoms with Crippen LogP contribution in [-0.4, -0.2) is 11.2 Å². The van der Waals surface area contributed by atoms with Gasteiger partial charge in [-0.2, -0.15) is 0 Å². The molecule has 0 aliphatic rings. The predicted octanol–water partition coefficient (Wildman–Crippen LogP) is 3.26. The van der Waals surface area contributed by atoms with Crippen LogP contribution in [0.5, 0.6) is 0 Å². The topological polar surface area (TPSA) is 17.1 Å². The predicted molar refractivity (Wildman–Crippen MR) is 63.0 cm³/mol. The Kier molecular flexibility index (Phi) is 3.17. The molecule has 0 bridgehead atoms. The molecule has 2 heteroatoms. The van der Waals surface area contributed by atoms with Gasteiger partial charge in [-0.05, 0) is 5.56 Å². The highest BCUT2D eigenvalue weighted by Crippen LogP contribution is 2.22. The number of ketones is 1. The third-order valence-electron chi connectivity index (χ3n) is 2.01. The first kappa shape index (κ1) is 11.1. The zero-order valence-corrected chi connectivity index (χ0v) is 9.52. The molecule has 0 saturated heterocycles. The van der Waals surface area contributed by atoms with E-state index in [2.05, 4.69) is 0 Å². The Bertz CT molecular complexity index is 361. The van der Waals surface area contributed by atoms with Gasteiger partial charge >= 0.3 is 0 Å². The van der Waals surface area contributed by atoms with Gasteiger partial charge < -0.3 is 0 Å². The summed E-state index contributed by atoms with van der Waals surface area (Å²) in [4.78, 5) is 12.0. The van der Waals surface area contributed by atoms with Crippen molar-refractivity contribution in [1.82, 2.24) is 0 Å². The van der Waals surface area contributed by atoms with Crippen molar-refractivity contribution in [3.63, 3.8) is 0 Å². The molecule has 0 heterocycles. The molecule has 0 fully saturated rings. The van der Waals surface area contributed by atoms with Crippen molar-refractivity contribution in [1.29, 1.82) is 0 Å². The van der Waals surface area contributed by atoms with Crippen molar-refractivity contribution in [2.75, 3.05) is 0 Å². The minimum Gasteiger partial charge on any atom is -0.294 e. The summed E-state index contributed by atoms with van der Waals surface area (Å²) >= 11 is 4.87. The number of hydrogen-bond acceptors (Lipinski definition) is 2. The zero-order chi connectivity index (χ0) is 10.8. The molecule has 0 atom stereocenters. The van der Waals surface area contributed by atoms with Crippen LogP contribution in [0.3, 0.4) is 0 Å². The van der Waals surface area contributed by atoms with Crippen LogP contribution in [0.25, 0.3) is 0 Å². The molecule has 1 rings (SSSR count). The Labute approximate surface area is 90.1 Å². The fraction of sp³-hybridized carbons (Fsp3) is 0.333. The summed E-state index contributed by atoms with van der Waals surface area (Å²) in [6.07, 6.45) is 0. The summed E-state index contributed by atoms with van der Waals surface area (Å²) in [6, 6.07) is 7.44. The van der Waals surface area contributed by atoms with Crippen LogP contribution in [0.2, 0.25) is 0 Å². The lowest BCUT2D eigenvalue weighted by molar-refractivity contribution is 0.0858.